The number of para-hydroxylation sites is 2. The van der Waals surface area contributed by atoms with Gasteiger partial charge in [0.2, 0.25) is 10.0 Å². The number of sulfonamides is 1. The molecule has 2 aromatic carbocycles. The van der Waals surface area contributed by atoms with Crippen LogP contribution < -0.4 is 15.2 Å². The van der Waals surface area contributed by atoms with Gasteiger partial charge in [-0.1, -0.05) is 42.5 Å². The highest BCUT2D eigenvalue weighted by molar-refractivity contribution is 7.88. The van der Waals surface area contributed by atoms with Crippen molar-refractivity contribution in [3.8, 4) is 5.75 Å². The Kier molecular flexibility index (Phi) is 5.19. The predicted molar refractivity (Wildman–Crippen MR) is 83.4 cm³/mol. The number of benzene rings is 2. The zero-order valence-electron chi connectivity index (χ0n) is 11.5. The molecule has 0 unspecified atom stereocenters. The molecule has 0 fully saturated rings. The molecule has 0 radical (unpaired) electrons. The van der Waals surface area contributed by atoms with Gasteiger partial charge in [0.25, 0.3) is 0 Å². The van der Waals surface area contributed by atoms with E-state index in [1.807, 2.05) is 30.3 Å². The summed E-state index contributed by atoms with van der Waals surface area (Å²) < 4.78 is 31.7. The van der Waals surface area contributed by atoms with Crippen LogP contribution in [0.5, 0.6) is 5.75 Å². The van der Waals surface area contributed by atoms with Crippen molar-refractivity contribution < 1.29 is 13.2 Å². The summed E-state index contributed by atoms with van der Waals surface area (Å²) in [7, 11) is -3.36. The van der Waals surface area contributed by atoms with E-state index < -0.39 is 10.0 Å². The van der Waals surface area contributed by atoms with Gasteiger partial charge in [0, 0.05) is 6.54 Å². The SMILES string of the molecule is Nc1ccccc1OCCNS(=O)(=O)Cc1ccccc1. The smallest absolute Gasteiger partial charge is 0.215 e. The number of hydrogen-bond acceptors (Lipinski definition) is 4. The molecule has 0 amide bonds. The van der Waals surface area contributed by atoms with Gasteiger partial charge in [-0.15, -0.1) is 0 Å². The van der Waals surface area contributed by atoms with E-state index >= 15 is 0 Å². The summed E-state index contributed by atoms with van der Waals surface area (Å²) in [6, 6.07) is 16.1. The molecule has 3 N–H and O–H groups in total. The number of hydrogen-bond donors (Lipinski definition) is 2. The second-order valence-corrected chi connectivity index (χ2v) is 6.33. The van der Waals surface area contributed by atoms with E-state index in [4.69, 9.17) is 10.5 Å². The summed E-state index contributed by atoms with van der Waals surface area (Å²) in [6.07, 6.45) is 0. The molecule has 0 spiro atoms. The van der Waals surface area contributed by atoms with Crippen molar-refractivity contribution >= 4 is 15.7 Å². The Morgan fingerprint density at radius 1 is 1.00 bits per heavy atom. The molecule has 2 aromatic rings. The summed E-state index contributed by atoms with van der Waals surface area (Å²) in [5.41, 5.74) is 7.01. The number of nitrogens with two attached hydrogens (primary N) is 1. The van der Waals surface area contributed by atoms with Gasteiger partial charge in [0.05, 0.1) is 11.4 Å². The fourth-order valence-corrected chi connectivity index (χ4v) is 2.94. The molecule has 112 valence electrons. The molecule has 2 rings (SSSR count). The van der Waals surface area contributed by atoms with Crippen molar-refractivity contribution in [2.75, 3.05) is 18.9 Å². The van der Waals surface area contributed by atoms with Crippen molar-refractivity contribution in [2.24, 2.45) is 0 Å². The van der Waals surface area contributed by atoms with Crippen molar-refractivity contribution in [1.29, 1.82) is 0 Å². The van der Waals surface area contributed by atoms with Gasteiger partial charge in [-0.3, -0.25) is 0 Å². The van der Waals surface area contributed by atoms with Crippen molar-refractivity contribution in [1.82, 2.24) is 4.72 Å². The van der Waals surface area contributed by atoms with Crippen LogP contribution in [0.4, 0.5) is 5.69 Å². The summed E-state index contributed by atoms with van der Waals surface area (Å²) >= 11 is 0. The fraction of sp³-hybridized carbons (Fsp3) is 0.200. The number of rotatable bonds is 7. The largest absolute Gasteiger partial charge is 0.490 e. The standard InChI is InChI=1S/C15H18N2O3S/c16-14-8-4-5-9-15(14)20-11-10-17-21(18,19)12-13-6-2-1-3-7-13/h1-9,17H,10-12,16H2. The molecule has 0 atom stereocenters. The van der Waals surface area contributed by atoms with Crippen molar-refractivity contribution in [3.63, 3.8) is 0 Å². The molecule has 21 heavy (non-hydrogen) atoms. The van der Waals surface area contributed by atoms with E-state index in [9.17, 15) is 8.42 Å². The van der Waals surface area contributed by atoms with Crippen LogP contribution in [0, 0.1) is 0 Å². The fourth-order valence-electron chi connectivity index (χ4n) is 1.81. The highest BCUT2D eigenvalue weighted by Crippen LogP contribution is 2.19. The van der Waals surface area contributed by atoms with Crippen LogP contribution in [0.2, 0.25) is 0 Å². The molecular formula is C15H18N2O3S. The summed E-state index contributed by atoms with van der Waals surface area (Å²) in [5.74, 6) is 0.515. The van der Waals surface area contributed by atoms with Gasteiger partial charge in [-0.25, -0.2) is 13.1 Å². The molecule has 0 aliphatic heterocycles. The van der Waals surface area contributed by atoms with E-state index in [1.54, 1.807) is 24.3 Å². The van der Waals surface area contributed by atoms with Gasteiger partial charge in [0.1, 0.15) is 12.4 Å². The molecule has 0 aliphatic carbocycles. The van der Waals surface area contributed by atoms with Gasteiger partial charge < -0.3 is 10.5 Å². The van der Waals surface area contributed by atoms with Crippen LogP contribution in [0.15, 0.2) is 54.6 Å². The number of nitrogen functional groups attached to an aromatic ring is 1. The third-order valence-corrected chi connectivity index (χ3v) is 4.16. The van der Waals surface area contributed by atoms with E-state index in [0.29, 0.717) is 11.4 Å². The van der Waals surface area contributed by atoms with Crippen LogP contribution >= 0.6 is 0 Å². The zero-order chi connectivity index (χ0) is 15.1. The number of anilines is 1. The van der Waals surface area contributed by atoms with Crippen molar-refractivity contribution in [2.45, 2.75) is 5.75 Å². The lowest BCUT2D eigenvalue weighted by molar-refractivity contribution is 0.324. The lowest BCUT2D eigenvalue weighted by atomic mass is 10.2. The average molecular weight is 306 g/mol. The maximum atomic E-state index is 11.9. The van der Waals surface area contributed by atoms with Crippen LogP contribution in [-0.2, 0) is 15.8 Å². The molecule has 0 aliphatic rings. The molecule has 0 saturated heterocycles. The Morgan fingerprint density at radius 2 is 1.67 bits per heavy atom. The maximum absolute atomic E-state index is 11.9. The topological polar surface area (TPSA) is 81.4 Å². The molecule has 0 heterocycles. The third-order valence-electron chi connectivity index (χ3n) is 2.80. The van der Waals surface area contributed by atoms with E-state index in [1.165, 1.54) is 0 Å². The highest BCUT2D eigenvalue weighted by Gasteiger charge is 2.10. The minimum atomic E-state index is -3.36. The van der Waals surface area contributed by atoms with Gasteiger partial charge in [-0.2, -0.15) is 0 Å². The third kappa shape index (κ3) is 5.09. The first-order valence-electron chi connectivity index (χ1n) is 6.55. The van der Waals surface area contributed by atoms with E-state index in [-0.39, 0.29) is 18.9 Å². The molecule has 0 bridgehead atoms. The Balaban J connectivity index is 1.79. The summed E-state index contributed by atoms with van der Waals surface area (Å²) in [5, 5.41) is 0. The molecule has 0 aromatic heterocycles. The lowest BCUT2D eigenvalue weighted by Crippen LogP contribution is -2.29. The highest BCUT2D eigenvalue weighted by atomic mass is 32.2. The minimum absolute atomic E-state index is 0.0404. The first-order chi connectivity index (χ1) is 10.1. The van der Waals surface area contributed by atoms with Crippen LogP contribution in [0.1, 0.15) is 5.56 Å². The molecular weight excluding hydrogens is 288 g/mol. The molecule has 6 heteroatoms. The first kappa shape index (κ1) is 15.3. The lowest BCUT2D eigenvalue weighted by Gasteiger charge is -2.10. The predicted octanol–water partition coefficient (Wildman–Crippen LogP) is 1.77. The van der Waals surface area contributed by atoms with Crippen LogP contribution in [0.25, 0.3) is 0 Å². The van der Waals surface area contributed by atoms with Crippen LogP contribution in [0.3, 0.4) is 0 Å². The Hall–Kier alpha value is -2.05. The van der Waals surface area contributed by atoms with E-state index in [0.717, 1.165) is 5.56 Å². The Morgan fingerprint density at radius 3 is 2.38 bits per heavy atom. The second-order valence-electron chi connectivity index (χ2n) is 4.53. The summed E-state index contributed by atoms with van der Waals surface area (Å²) in [6.45, 7) is 0.422. The second kappa shape index (κ2) is 7.10. The quantitative estimate of drug-likeness (QED) is 0.603. The number of nitrogens with one attached hydrogen (secondary N) is 1. The van der Waals surface area contributed by atoms with Crippen molar-refractivity contribution in [3.05, 3.63) is 60.2 Å². The maximum Gasteiger partial charge on any atom is 0.215 e. The van der Waals surface area contributed by atoms with Crippen LogP contribution in [-0.4, -0.2) is 21.6 Å². The van der Waals surface area contributed by atoms with Gasteiger partial charge in [-0.05, 0) is 17.7 Å². The Bertz CT molecular complexity index is 672. The van der Waals surface area contributed by atoms with Gasteiger partial charge >= 0.3 is 0 Å². The summed E-state index contributed by atoms with van der Waals surface area (Å²) in [4.78, 5) is 0. The minimum Gasteiger partial charge on any atom is -0.490 e. The zero-order valence-corrected chi connectivity index (χ0v) is 12.3. The monoisotopic (exact) mass is 306 g/mol. The number of ether oxygens (including phenoxy) is 1. The van der Waals surface area contributed by atoms with E-state index in [2.05, 4.69) is 4.72 Å². The Labute approximate surface area is 124 Å². The average Bonchev–Trinajstić information content (AvgIpc) is 2.46. The molecule has 0 saturated carbocycles. The van der Waals surface area contributed by atoms with Gasteiger partial charge in [0.15, 0.2) is 0 Å². The first-order valence-corrected chi connectivity index (χ1v) is 8.21. The molecule has 5 nitrogen and oxygen atoms in total. The normalized spacial score (nSPS) is 11.2.